The highest BCUT2D eigenvalue weighted by Crippen LogP contribution is 2.58. The summed E-state index contributed by atoms with van der Waals surface area (Å²) in [5.74, 6) is -1.86. The molecule has 1 saturated heterocycles. The number of allylic oxidation sites excluding steroid dienone is 3. The molecule has 0 N–H and O–H groups in total. The topological polar surface area (TPSA) is 37.4 Å². The summed E-state index contributed by atoms with van der Waals surface area (Å²) in [5.41, 5.74) is 4.87. The van der Waals surface area contributed by atoms with E-state index in [2.05, 4.69) is 36.4 Å². The standard InChI is InChI=1S/C28H20FNO2/c29-19-11-13-20(14-12-19)30-27(31)25-21-15-16-22(26(25)28(30)32)24(21)23(17-7-3-1-4-8-17)18-9-5-2-6-10-18/h1-16,21-22,25-26H/t21-,22-,25-,26+/m0/s1. The van der Waals surface area contributed by atoms with Crippen molar-refractivity contribution < 1.29 is 14.0 Å². The summed E-state index contributed by atoms with van der Waals surface area (Å²) in [6.07, 6.45) is 4.18. The van der Waals surface area contributed by atoms with Crippen LogP contribution in [-0.2, 0) is 9.59 Å². The van der Waals surface area contributed by atoms with Gasteiger partial charge in [-0.05, 0) is 46.5 Å². The third-order valence-corrected chi connectivity index (χ3v) is 6.91. The average Bonchev–Trinajstić information content (AvgIpc) is 3.46. The van der Waals surface area contributed by atoms with E-state index in [1.807, 2.05) is 36.4 Å². The highest BCUT2D eigenvalue weighted by molar-refractivity contribution is 6.23. The molecule has 2 bridgehead atoms. The number of amides is 2. The van der Waals surface area contributed by atoms with Gasteiger partial charge in [0.25, 0.3) is 0 Å². The van der Waals surface area contributed by atoms with Gasteiger partial charge in [-0.1, -0.05) is 72.8 Å². The van der Waals surface area contributed by atoms with Crippen LogP contribution in [0.4, 0.5) is 10.1 Å². The maximum atomic E-state index is 13.5. The summed E-state index contributed by atoms with van der Waals surface area (Å²) in [5, 5.41) is 0. The Balaban J connectivity index is 1.48. The molecule has 6 rings (SSSR count). The molecule has 0 unspecified atom stereocenters. The molecule has 2 fully saturated rings. The molecule has 1 aliphatic heterocycles. The van der Waals surface area contributed by atoms with Crippen LogP contribution >= 0.6 is 0 Å². The molecule has 3 nitrogen and oxygen atoms in total. The van der Waals surface area contributed by atoms with E-state index >= 15 is 0 Å². The molecular weight excluding hydrogens is 401 g/mol. The molecule has 3 aliphatic rings. The van der Waals surface area contributed by atoms with Crippen molar-refractivity contribution in [2.75, 3.05) is 4.90 Å². The van der Waals surface area contributed by atoms with E-state index in [-0.39, 0.29) is 23.7 Å². The molecule has 0 aromatic heterocycles. The number of hydrogen-bond donors (Lipinski definition) is 0. The average molecular weight is 421 g/mol. The van der Waals surface area contributed by atoms with Crippen molar-refractivity contribution in [1.29, 1.82) is 0 Å². The van der Waals surface area contributed by atoms with E-state index in [0.717, 1.165) is 22.3 Å². The first-order valence-corrected chi connectivity index (χ1v) is 10.8. The predicted octanol–water partition coefficient (Wildman–Crippen LogP) is 5.25. The molecule has 4 heteroatoms. The van der Waals surface area contributed by atoms with Gasteiger partial charge in [-0.2, -0.15) is 0 Å². The second-order valence-electron chi connectivity index (χ2n) is 8.54. The molecule has 0 radical (unpaired) electrons. The summed E-state index contributed by atoms with van der Waals surface area (Å²) in [7, 11) is 0. The Morgan fingerprint density at radius 2 is 1.12 bits per heavy atom. The number of anilines is 1. The third kappa shape index (κ3) is 2.65. The van der Waals surface area contributed by atoms with Crippen molar-refractivity contribution in [3.05, 3.63) is 120 Å². The third-order valence-electron chi connectivity index (χ3n) is 6.91. The number of rotatable bonds is 3. The van der Waals surface area contributed by atoms with Gasteiger partial charge in [-0.15, -0.1) is 0 Å². The first-order chi connectivity index (χ1) is 15.6. The fourth-order valence-corrected chi connectivity index (χ4v) is 5.65. The van der Waals surface area contributed by atoms with Gasteiger partial charge < -0.3 is 0 Å². The second-order valence-corrected chi connectivity index (χ2v) is 8.54. The minimum absolute atomic E-state index is 0.123. The second kappa shape index (κ2) is 7.13. The van der Waals surface area contributed by atoms with Crippen molar-refractivity contribution in [3.63, 3.8) is 0 Å². The fraction of sp³-hybridized carbons (Fsp3) is 0.143. The predicted molar refractivity (Wildman–Crippen MR) is 121 cm³/mol. The lowest BCUT2D eigenvalue weighted by molar-refractivity contribution is -0.122. The first kappa shape index (κ1) is 18.9. The lowest BCUT2D eigenvalue weighted by Crippen LogP contribution is -2.33. The highest BCUT2D eigenvalue weighted by Gasteiger charge is 2.62. The number of benzene rings is 3. The van der Waals surface area contributed by atoms with Gasteiger partial charge in [0, 0.05) is 11.8 Å². The van der Waals surface area contributed by atoms with Gasteiger partial charge in [0.15, 0.2) is 0 Å². The number of fused-ring (bicyclic) bond motifs is 5. The van der Waals surface area contributed by atoms with Crippen LogP contribution in [-0.4, -0.2) is 11.8 Å². The largest absolute Gasteiger partial charge is 0.274 e. The van der Waals surface area contributed by atoms with Gasteiger partial charge in [-0.3, -0.25) is 9.59 Å². The Morgan fingerprint density at radius 1 is 0.656 bits per heavy atom. The van der Waals surface area contributed by atoms with Gasteiger partial charge in [0.05, 0.1) is 17.5 Å². The van der Waals surface area contributed by atoms with Gasteiger partial charge in [0.2, 0.25) is 11.8 Å². The highest BCUT2D eigenvalue weighted by atomic mass is 19.1. The van der Waals surface area contributed by atoms with E-state index in [9.17, 15) is 14.0 Å². The smallest absolute Gasteiger partial charge is 0.238 e. The lowest BCUT2D eigenvalue weighted by Gasteiger charge is -2.21. The Morgan fingerprint density at radius 3 is 1.59 bits per heavy atom. The molecule has 2 amide bonds. The molecule has 32 heavy (non-hydrogen) atoms. The Kier molecular flexibility index (Phi) is 4.22. The Hall–Kier alpha value is -3.79. The maximum Gasteiger partial charge on any atom is 0.238 e. The fourth-order valence-electron chi connectivity index (χ4n) is 5.65. The summed E-state index contributed by atoms with van der Waals surface area (Å²) in [4.78, 5) is 28.2. The van der Waals surface area contributed by atoms with E-state index in [1.54, 1.807) is 0 Å². The SMILES string of the molecule is O=C1[C@@H]2[C@H](C(=O)N1c1ccc(F)cc1)[C@H]1C=C[C@H]2C1=C(c1ccccc1)c1ccccc1. The zero-order valence-corrected chi connectivity index (χ0v) is 17.2. The van der Waals surface area contributed by atoms with Crippen LogP contribution in [0.5, 0.6) is 0 Å². The summed E-state index contributed by atoms with van der Waals surface area (Å²) >= 11 is 0. The van der Waals surface area contributed by atoms with Gasteiger partial charge in [0.1, 0.15) is 5.82 Å². The molecule has 0 spiro atoms. The van der Waals surface area contributed by atoms with Crippen LogP contribution in [0.2, 0.25) is 0 Å². The minimum atomic E-state index is -0.417. The Bertz CT molecular complexity index is 1200. The molecule has 2 aliphatic carbocycles. The number of imide groups is 1. The van der Waals surface area contributed by atoms with Gasteiger partial charge >= 0.3 is 0 Å². The Labute approximate surface area is 185 Å². The zero-order chi connectivity index (χ0) is 21.8. The number of halogens is 1. The molecule has 1 saturated carbocycles. The molecule has 3 aromatic rings. The van der Waals surface area contributed by atoms with Crippen LogP contribution in [0, 0.1) is 29.5 Å². The molecule has 1 heterocycles. The van der Waals surface area contributed by atoms with Crippen LogP contribution in [0.25, 0.3) is 5.57 Å². The van der Waals surface area contributed by atoms with Crippen LogP contribution in [0.1, 0.15) is 11.1 Å². The van der Waals surface area contributed by atoms with Crippen LogP contribution < -0.4 is 4.90 Å². The summed E-state index contributed by atoms with van der Waals surface area (Å²) in [6, 6.07) is 25.9. The van der Waals surface area contributed by atoms with E-state index < -0.39 is 17.7 Å². The molecule has 4 atom stereocenters. The lowest BCUT2D eigenvalue weighted by atomic mass is 9.85. The quantitative estimate of drug-likeness (QED) is 0.428. The van der Waals surface area contributed by atoms with Crippen molar-refractivity contribution in [1.82, 2.24) is 0 Å². The zero-order valence-electron chi connectivity index (χ0n) is 17.2. The molecular formula is C28H20FNO2. The summed E-state index contributed by atoms with van der Waals surface area (Å²) < 4.78 is 13.4. The van der Waals surface area contributed by atoms with Crippen molar-refractivity contribution in [3.8, 4) is 0 Å². The van der Waals surface area contributed by atoms with Gasteiger partial charge in [-0.25, -0.2) is 9.29 Å². The van der Waals surface area contributed by atoms with Crippen molar-refractivity contribution >= 4 is 23.1 Å². The first-order valence-electron chi connectivity index (χ1n) is 10.8. The monoisotopic (exact) mass is 421 g/mol. The van der Waals surface area contributed by atoms with E-state index in [4.69, 9.17) is 0 Å². The number of carbonyl (C=O) groups excluding carboxylic acids is 2. The number of nitrogens with zero attached hydrogens (tertiary/aromatic N) is 1. The molecule has 156 valence electrons. The van der Waals surface area contributed by atoms with Crippen molar-refractivity contribution in [2.45, 2.75) is 0 Å². The maximum absolute atomic E-state index is 13.5. The summed E-state index contributed by atoms with van der Waals surface area (Å²) in [6.45, 7) is 0. The normalized spacial score (nSPS) is 25.5. The number of carbonyl (C=O) groups is 2. The van der Waals surface area contributed by atoms with Crippen LogP contribution in [0.15, 0.2) is 103 Å². The number of hydrogen-bond acceptors (Lipinski definition) is 2. The van der Waals surface area contributed by atoms with E-state index in [1.165, 1.54) is 29.2 Å². The van der Waals surface area contributed by atoms with E-state index in [0.29, 0.717) is 5.69 Å². The van der Waals surface area contributed by atoms with Crippen LogP contribution in [0.3, 0.4) is 0 Å². The minimum Gasteiger partial charge on any atom is -0.274 e. The molecule has 3 aromatic carbocycles. The van der Waals surface area contributed by atoms with Crippen molar-refractivity contribution in [2.24, 2.45) is 23.7 Å².